The molecule has 0 amide bonds. The second kappa shape index (κ2) is 7.81. The Hall–Kier alpha value is -0.850. The molecule has 1 atom stereocenters. The van der Waals surface area contributed by atoms with E-state index in [2.05, 4.69) is 17.0 Å². The van der Waals surface area contributed by atoms with Gasteiger partial charge in [-0.3, -0.25) is 0 Å². The predicted octanol–water partition coefficient (Wildman–Crippen LogP) is 1.99. The summed E-state index contributed by atoms with van der Waals surface area (Å²) in [5.74, 6) is 0. The largest absolute Gasteiger partial charge is 0.352 e. The van der Waals surface area contributed by atoms with Crippen LogP contribution in [-0.4, -0.2) is 25.6 Å². The molecule has 2 N–H and O–H groups in total. The van der Waals surface area contributed by atoms with Crippen molar-refractivity contribution >= 4 is 10.0 Å². The Kier molecular flexibility index (Phi) is 6.71. The Morgan fingerprint density at radius 2 is 2.05 bits per heavy atom. The molecule has 0 spiro atoms. The van der Waals surface area contributed by atoms with E-state index in [1.54, 1.807) is 12.3 Å². The van der Waals surface area contributed by atoms with Crippen LogP contribution in [0.3, 0.4) is 0 Å². The van der Waals surface area contributed by atoms with E-state index in [0.29, 0.717) is 11.4 Å². The number of nitrogens with one attached hydrogen (secondary N) is 2. The van der Waals surface area contributed by atoms with E-state index < -0.39 is 10.0 Å². The summed E-state index contributed by atoms with van der Waals surface area (Å²) in [6.07, 6.45) is 4.64. The zero-order valence-corrected chi connectivity index (χ0v) is 13.8. The highest BCUT2D eigenvalue weighted by atomic mass is 32.2. The van der Waals surface area contributed by atoms with E-state index in [1.807, 2.05) is 25.5 Å². The SMILES string of the molecule is CCCCC(C)NS(=O)(=O)c1cc(CNCC)n(C)c1. The lowest BCUT2D eigenvalue weighted by atomic mass is 10.2. The molecule has 1 rings (SSSR count). The van der Waals surface area contributed by atoms with Gasteiger partial charge in [0.15, 0.2) is 0 Å². The molecule has 5 nitrogen and oxygen atoms in total. The molecular weight excluding hydrogens is 274 g/mol. The highest BCUT2D eigenvalue weighted by Gasteiger charge is 2.19. The lowest BCUT2D eigenvalue weighted by Gasteiger charge is -2.12. The lowest BCUT2D eigenvalue weighted by Crippen LogP contribution is -2.32. The molecule has 0 aromatic carbocycles. The van der Waals surface area contributed by atoms with Gasteiger partial charge in [-0.1, -0.05) is 26.7 Å². The number of rotatable bonds is 9. The summed E-state index contributed by atoms with van der Waals surface area (Å²) >= 11 is 0. The normalized spacial score (nSPS) is 13.6. The maximum atomic E-state index is 12.3. The van der Waals surface area contributed by atoms with Gasteiger partial charge >= 0.3 is 0 Å². The van der Waals surface area contributed by atoms with Crippen LogP contribution in [0.1, 0.15) is 45.7 Å². The monoisotopic (exact) mass is 301 g/mol. The number of aryl methyl sites for hydroxylation is 1. The Labute approximate surface area is 122 Å². The Morgan fingerprint density at radius 1 is 1.35 bits per heavy atom. The summed E-state index contributed by atoms with van der Waals surface area (Å²) in [6, 6.07) is 1.70. The molecule has 1 aromatic heterocycles. The van der Waals surface area contributed by atoms with Crippen LogP contribution in [0.15, 0.2) is 17.2 Å². The third-order valence-electron chi connectivity index (χ3n) is 3.30. The van der Waals surface area contributed by atoms with Crippen LogP contribution in [0, 0.1) is 0 Å². The van der Waals surface area contributed by atoms with Crippen molar-refractivity contribution < 1.29 is 8.42 Å². The van der Waals surface area contributed by atoms with E-state index in [9.17, 15) is 8.42 Å². The van der Waals surface area contributed by atoms with Crippen molar-refractivity contribution in [2.24, 2.45) is 7.05 Å². The van der Waals surface area contributed by atoms with Gasteiger partial charge in [-0.05, 0) is 26.0 Å². The van der Waals surface area contributed by atoms with Gasteiger partial charge in [0.25, 0.3) is 0 Å². The number of aromatic nitrogens is 1. The van der Waals surface area contributed by atoms with Crippen molar-refractivity contribution in [1.82, 2.24) is 14.6 Å². The molecule has 0 fully saturated rings. The van der Waals surface area contributed by atoms with E-state index in [-0.39, 0.29) is 6.04 Å². The first-order valence-electron chi connectivity index (χ1n) is 7.29. The average molecular weight is 301 g/mol. The second-order valence-electron chi connectivity index (χ2n) is 5.22. The fourth-order valence-electron chi connectivity index (χ4n) is 2.05. The van der Waals surface area contributed by atoms with Crippen LogP contribution in [-0.2, 0) is 23.6 Å². The quantitative estimate of drug-likeness (QED) is 0.733. The van der Waals surface area contributed by atoms with Crippen LogP contribution in [0.2, 0.25) is 0 Å². The third-order valence-corrected chi connectivity index (χ3v) is 4.85. The smallest absolute Gasteiger partial charge is 0.242 e. The van der Waals surface area contributed by atoms with Gasteiger partial charge in [-0.25, -0.2) is 13.1 Å². The number of sulfonamides is 1. The summed E-state index contributed by atoms with van der Waals surface area (Å²) in [6.45, 7) is 7.58. The summed E-state index contributed by atoms with van der Waals surface area (Å²) in [7, 11) is -1.55. The fourth-order valence-corrected chi connectivity index (χ4v) is 3.43. The molecule has 0 saturated heterocycles. The van der Waals surface area contributed by atoms with E-state index in [1.165, 1.54) is 0 Å². The van der Waals surface area contributed by atoms with Crippen molar-refractivity contribution in [2.75, 3.05) is 6.54 Å². The predicted molar refractivity (Wildman–Crippen MR) is 82.1 cm³/mol. The van der Waals surface area contributed by atoms with Crippen LogP contribution in [0.5, 0.6) is 0 Å². The van der Waals surface area contributed by atoms with Crippen LogP contribution >= 0.6 is 0 Å². The van der Waals surface area contributed by atoms with Gasteiger partial charge in [0.2, 0.25) is 10.0 Å². The number of unbranched alkanes of at least 4 members (excludes halogenated alkanes) is 1. The maximum absolute atomic E-state index is 12.3. The topological polar surface area (TPSA) is 63.1 Å². The molecule has 1 unspecified atom stereocenters. The summed E-state index contributed by atoms with van der Waals surface area (Å²) in [5, 5.41) is 3.20. The van der Waals surface area contributed by atoms with Crippen molar-refractivity contribution in [3.63, 3.8) is 0 Å². The van der Waals surface area contributed by atoms with Gasteiger partial charge in [0, 0.05) is 31.5 Å². The van der Waals surface area contributed by atoms with Crippen LogP contribution in [0.25, 0.3) is 0 Å². The van der Waals surface area contributed by atoms with E-state index in [0.717, 1.165) is 31.5 Å². The van der Waals surface area contributed by atoms with Crippen molar-refractivity contribution in [1.29, 1.82) is 0 Å². The van der Waals surface area contributed by atoms with E-state index >= 15 is 0 Å². The minimum atomic E-state index is -3.42. The molecule has 0 saturated carbocycles. The molecule has 116 valence electrons. The molecule has 0 aliphatic carbocycles. The molecule has 1 aromatic rings. The van der Waals surface area contributed by atoms with Gasteiger partial charge in [-0.15, -0.1) is 0 Å². The summed E-state index contributed by atoms with van der Waals surface area (Å²) < 4.78 is 29.2. The Balaban J connectivity index is 2.77. The summed E-state index contributed by atoms with van der Waals surface area (Å²) in [5.41, 5.74) is 0.966. The Bertz CT molecular complexity index is 508. The number of hydrogen-bond acceptors (Lipinski definition) is 3. The number of hydrogen-bond donors (Lipinski definition) is 2. The molecule has 0 aliphatic heterocycles. The zero-order valence-electron chi connectivity index (χ0n) is 12.9. The highest BCUT2D eigenvalue weighted by Crippen LogP contribution is 2.14. The Morgan fingerprint density at radius 3 is 2.65 bits per heavy atom. The first-order valence-corrected chi connectivity index (χ1v) is 8.77. The number of nitrogens with zero attached hydrogens (tertiary/aromatic N) is 1. The maximum Gasteiger partial charge on any atom is 0.242 e. The fraction of sp³-hybridized carbons (Fsp3) is 0.714. The van der Waals surface area contributed by atoms with Gasteiger partial charge in [0.1, 0.15) is 0 Å². The third kappa shape index (κ3) is 4.92. The minimum absolute atomic E-state index is 0.0302. The molecule has 1 heterocycles. The first kappa shape index (κ1) is 17.2. The molecule has 20 heavy (non-hydrogen) atoms. The van der Waals surface area contributed by atoms with Gasteiger partial charge in [-0.2, -0.15) is 0 Å². The molecule has 6 heteroatoms. The van der Waals surface area contributed by atoms with E-state index in [4.69, 9.17) is 0 Å². The average Bonchev–Trinajstić information content (AvgIpc) is 2.75. The molecule has 0 bridgehead atoms. The first-order chi connectivity index (χ1) is 9.40. The van der Waals surface area contributed by atoms with Gasteiger partial charge < -0.3 is 9.88 Å². The van der Waals surface area contributed by atoms with Crippen LogP contribution in [0.4, 0.5) is 0 Å². The molecule has 0 radical (unpaired) electrons. The zero-order chi connectivity index (χ0) is 15.2. The van der Waals surface area contributed by atoms with Gasteiger partial charge in [0.05, 0.1) is 4.90 Å². The van der Waals surface area contributed by atoms with Crippen molar-refractivity contribution in [3.8, 4) is 0 Å². The standard InChI is InChI=1S/C14H27N3O2S/c1-5-7-8-12(3)16-20(18,19)14-9-13(10-15-6-2)17(4)11-14/h9,11-12,15-16H,5-8,10H2,1-4H3. The summed E-state index contributed by atoms with van der Waals surface area (Å²) in [4.78, 5) is 0.344. The van der Waals surface area contributed by atoms with Crippen molar-refractivity contribution in [3.05, 3.63) is 18.0 Å². The van der Waals surface area contributed by atoms with Crippen LogP contribution < -0.4 is 10.0 Å². The lowest BCUT2D eigenvalue weighted by molar-refractivity contribution is 0.534. The van der Waals surface area contributed by atoms with Crippen molar-refractivity contribution in [2.45, 2.75) is 57.5 Å². The highest BCUT2D eigenvalue weighted by molar-refractivity contribution is 7.89. The second-order valence-corrected chi connectivity index (χ2v) is 6.94. The molecular formula is C14H27N3O2S. The minimum Gasteiger partial charge on any atom is -0.352 e. The molecule has 0 aliphatic rings.